The van der Waals surface area contributed by atoms with Gasteiger partial charge >= 0.3 is 0 Å². The van der Waals surface area contributed by atoms with Gasteiger partial charge in [-0.15, -0.1) is 0 Å². The van der Waals surface area contributed by atoms with E-state index in [-0.39, 0.29) is 5.91 Å². The van der Waals surface area contributed by atoms with E-state index >= 15 is 0 Å². The number of pyridine rings is 1. The Labute approximate surface area is 116 Å². The molecule has 1 aromatic heterocycles. The van der Waals surface area contributed by atoms with Crippen molar-refractivity contribution in [2.45, 2.75) is 12.8 Å². The lowest BCUT2D eigenvalue weighted by atomic mass is 10.1. The molecule has 4 heteroatoms. The van der Waals surface area contributed by atoms with Crippen LogP contribution in [0.2, 0.25) is 5.15 Å². The molecular formula is C15H13ClN2O. The van der Waals surface area contributed by atoms with Crippen molar-refractivity contribution >= 4 is 23.2 Å². The van der Waals surface area contributed by atoms with Crippen LogP contribution in [0.15, 0.2) is 42.6 Å². The molecule has 1 aliphatic heterocycles. The van der Waals surface area contributed by atoms with Crippen LogP contribution in [0, 0.1) is 0 Å². The molecule has 1 aliphatic rings. The van der Waals surface area contributed by atoms with Crippen LogP contribution < -0.4 is 4.90 Å². The molecule has 2 heterocycles. The summed E-state index contributed by atoms with van der Waals surface area (Å²) in [6.07, 6.45) is 3.19. The first-order valence-electron chi connectivity index (χ1n) is 6.27. The maximum absolute atomic E-state index is 11.9. The van der Waals surface area contributed by atoms with E-state index in [0.29, 0.717) is 11.6 Å². The molecule has 0 bridgehead atoms. The van der Waals surface area contributed by atoms with E-state index in [1.165, 1.54) is 0 Å². The minimum atomic E-state index is 0.154. The van der Waals surface area contributed by atoms with E-state index in [9.17, 15) is 4.79 Å². The number of halogens is 1. The lowest BCUT2D eigenvalue weighted by Gasteiger charge is -2.19. The maximum Gasteiger partial charge on any atom is 0.227 e. The Morgan fingerprint density at radius 1 is 1.21 bits per heavy atom. The molecule has 1 amide bonds. The summed E-state index contributed by atoms with van der Waals surface area (Å²) in [5, 5.41) is 0.439. The van der Waals surface area contributed by atoms with Crippen molar-refractivity contribution in [3.63, 3.8) is 0 Å². The third-order valence-corrected chi connectivity index (χ3v) is 3.51. The molecule has 1 saturated heterocycles. The monoisotopic (exact) mass is 272 g/mol. The minimum Gasteiger partial charge on any atom is -0.310 e. The summed E-state index contributed by atoms with van der Waals surface area (Å²) in [4.78, 5) is 17.8. The zero-order valence-electron chi connectivity index (χ0n) is 10.3. The number of carbonyl (C=O) groups excluding carboxylic acids is 1. The average molecular weight is 273 g/mol. The van der Waals surface area contributed by atoms with Crippen molar-refractivity contribution < 1.29 is 4.79 Å². The van der Waals surface area contributed by atoms with Gasteiger partial charge in [-0.1, -0.05) is 41.9 Å². The average Bonchev–Trinajstić information content (AvgIpc) is 2.86. The third-order valence-electron chi connectivity index (χ3n) is 3.30. The minimum absolute atomic E-state index is 0.154. The van der Waals surface area contributed by atoms with Crippen LogP contribution in [-0.2, 0) is 4.79 Å². The highest BCUT2D eigenvalue weighted by atomic mass is 35.5. The maximum atomic E-state index is 11.9. The molecule has 3 nitrogen and oxygen atoms in total. The topological polar surface area (TPSA) is 33.2 Å². The van der Waals surface area contributed by atoms with E-state index in [0.717, 1.165) is 29.8 Å². The molecule has 1 fully saturated rings. The van der Waals surface area contributed by atoms with Crippen molar-refractivity contribution in [1.29, 1.82) is 0 Å². The van der Waals surface area contributed by atoms with Crippen LogP contribution in [0.4, 0.5) is 5.69 Å². The Kier molecular flexibility index (Phi) is 3.22. The second-order valence-electron chi connectivity index (χ2n) is 4.54. The fraction of sp³-hybridized carbons (Fsp3) is 0.200. The van der Waals surface area contributed by atoms with Crippen LogP contribution in [0.5, 0.6) is 0 Å². The standard InChI is InChI=1S/C15H13ClN2O/c16-14-9-12(11-5-2-1-3-6-11)13(10-17-14)18-8-4-7-15(18)19/h1-3,5-6,9-10H,4,7-8H2. The molecule has 0 atom stereocenters. The van der Waals surface area contributed by atoms with Crippen molar-refractivity contribution in [3.05, 3.63) is 47.7 Å². The summed E-state index contributed by atoms with van der Waals surface area (Å²) in [6.45, 7) is 0.752. The lowest BCUT2D eigenvalue weighted by Crippen LogP contribution is -2.24. The Balaban J connectivity index is 2.12. The van der Waals surface area contributed by atoms with E-state index < -0.39 is 0 Å². The second kappa shape index (κ2) is 5.02. The van der Waals surface area contributed by atoms with Crippen LogP contribution in [0.1, 0.15) is 12.8 Å². The number of aromatic nitrogens is 1. The summed E-state index contributed by atoms with van der Waals surface area (Å²) in [7, 11) is 0. The number of hydrogen-bond acceptors (Lipinski definition) is 2. The van der Waals surface area contributed by atoms with E-state index in [2.05, 4.69) is 4.98 Å². The molecule has 0 saturated carbocycles. The third kappa shape index (κ3) is 2.34. The molecular weight excluding hydrogens is 260 g/mol. The van der Waals surface area contributed by atoms with Gasteiger partial charge in [0.1, 0.15) is 5.15 Å². The zero-order valence-corrected chi connectivity index (χ0v) is 11.1. The number of amides is 1. The first-order chi connectivity index (χ1) is 9.25. The highest BCUT2D eigenvalue weighted by Crippen LogP contribution is 2.34. The normalized spacial score (nSPS) is 15.0. The van der Waals surface area contributed by atoms with Crippen molar-refractivity contribution in [2.24, 2.45) is 0 Å². The fourth-order valence-electron chi connectivity index (χ4n) is 2.39. The van der Waals surface area contributed by atoms with Gasteiger partial charge in [-0.2, -0.15) is 0 Å². The van der Waals surface area contributed by atoms with Gasteiger partial charge in [0, 0.05) is 18.5 Å². The van der Waals surface area contributed by atoms with Gasteiger partial charge in [0.15, 0.2) is 0 Å². The molecule has 0 N–H and O–H groups in total. The molecule has 0 radical (unpaired) electrons. The van der Waals surface area contributed by atoms with Gasteiger partial charge in [-0.25, -0.2) is 4.98 Å². The molecule has 0 spiro atoms. The summed E-state index contributed by atoms with van der Waals surface area (Å²) in [6, 6.07) is 11.7. The zero-order chi connectivity index (χ0) is 13.2. The summed E-state index contributed by atoms with van der Waals surface area (Å²) in [5.74, 6) is 0.154. The van der Waals surface area contributed by atoms with Gasteiger partial charge in [0.2, 0.25) is 5.91 Å². The van der Waals surface area contributed by atoms with Crippen LogP contribution in [0.25, 0.3) is 11.1 Å². The van der Waals surface area contributed by atoms with E-state index in [4.69, 9.17) is 11.6 Å². The van der Waals surface area contributed by atoms with Gasteiger partial charge in [0.25, 0.3) is 0 Å². The SMILES string of the molecule is O=C1CCCN1c1cnc(Cl)cc1-c1ccccc1. The van der Waals surface area contributed by atoms with Gasteiger partial charge in [0.05, 0.1) is 11.9 Å². The van der Waals surface area contributed by atoms with Gasteiger partial charge < -0.3 is 4.90 Å². The van der Waals surface area contributed by atoms with Gasteiger partial charge in [-0.3, -0.25) is 4.79 Å². The first-order valence-corrected chi connectivity index (χ1v) is 6.65. The predicted molar refractivity (Wildman–Crippen MR) is 76.3 cm³/mol. The molecule has 2 aromatic rings. The Bertz CT molecular complexity index is 613. The number of anilines is 1. The summed E-state index contributed by atoms with van der Waals surface area (Å²) in [5.41, 5.74) is 2.84. The highest BCUT2D eigenvalue weighted by Gasteiger charge is 2.24. The van der Waals surface area contributed by atoms with E-state index in [1.54, 1.807) is 11.1 Å². The Hall–Kier alpha value is -1.87. The number of nitrogens with zero attached hydrogens (tertiary/aromatic N) is 2. The summed E-state index contributed by atoms with van der Waals surface area (Å²) >= 11 is 6.00. The number of carbonyl (C=O) groups is 1. The lowest BCUT2D eigenvalue weighted by molar-refractivity contribution is -0.117. The largest absolute Gasteiger partial charge is 0.310 e. The molecule has 96 valence electrons. The number of benzene rings is 1. The Morgan fingerprint density at radius 2 is 2.00 bits per heavy atom. The van der Waals surface area contributed by atoms with Crippen molar-refractivity contribution in [3.8, 4) is 11.1 Å². The molecule has 0 aliphatic carbocycles. The smallest absolute Gasteiger partial charge is 0.227 e. The molecule has 1 aromatic carbocycles. The molecule has 19 heavy (non-hydrogen) atoms. The quantitative estimate of drug-likeness (QED) is 0.784. The van der Waals surface area contributed by atoms with Crippen LogP contribution in [0.3, 0.4) is 0 Å². The van der Waals surface area contributed by atoms with Crippen molar-refractivity contribution in [2.75, 3.05) is 11.4 Å². The van der Waals surface area contributed by atoms with Crippen LogP contribution >= 0.6 is 11.6 Å². The fourth-order valence-corrected chi connectivity index (χ4v) is 2.55. The Morgan fingerprint density at radius 3 is 2.68 bits per heavy atom. The van der Waals surface area contributed by atoms with E-state index in [1.807, 2.05) is 36.4 Å². The van der Waals surface area contributed by atoms with Gasteiger partial charge in [-0.05, 0) is 18.1 Å². The first kappa shape index (κ1) is 12.2. The number of rotatable bonds is 2. The van der Waals surface area contributed by atoms with Crippen LogP contribution in [-0.4, -0.2) is 17.4 Å². The molecule has 3 rings (SSSR count). The second-order valence-corrected chi connectivity index (χ2v) is 4.93. The number of hydrogen-bond donors (Lipinski definition) is 0. The predicted octanol–water partition coefficient (Wildman–Crippen LogP) is 3.53. The van der Waals surface area contributed by atoms with Crippen molar-refractivity contribution in [1.82, 2.24) is 4.98 Å². The summed E-state index contributed by atoms with van der Waals surface area (Å²) < 4.78 is 0. The highest BCUT2D eigenvalue weighted by molar-refractivity contribution is 6.29. The molecule has 0 unspecified atom stereocenters.